The van der Waals surface area contributed by atoms with E-state index in [2.05, 4.69) is 32.1 Å². The molecule has 0 aliphatic carbocycles. The summed E-state index contributed by atoms with van der Waals surface area (Å²) in [6.45, 7) is 9.55. The maximum Gasteiger partial charge on any atom is 0.223 e. The molecule has 1 atom stereocenters. The highest BCUT2D eigenvalue weighted by molar-refractivity contribution is 5.20. The number of rotatable bonds is 5. The molecular weight excluding hydrogens is 294 g/mol. The molecule has 7 nitrogen and oxygen atoms in total. The summed E-state index contributed by atoms with van der Waals surface area (Å²) in [6.07, 6.45) is 2.40. The van der Waals surface area contributed by atoms with Gasteiger partial charge in [-0.15, -0.1) is 0 Å². The van der Waals surface area contributed by atoms with Crippen LogP contribution in [0.4, 0.5) is 0 Å². The Labute approximate surface area is 136 Å². The van der Waals surface area contributed by atoms with Gasteiger partial charge in [-0.25, -0.2) is 0 Å². The van der Waals surface area contributed by atoms with Crippen LogP contribution in [0, 0.1) is 20.8 Å². The lowest BCUT2D eigenvalue weighted by Crippen LogP contribution is -2.46. The Morgan fingerprint density at radius 3 is 2.70 bits per heavy atom. The normalized spacial score (nSPS) is 19.6. The van der Waals surface area contributed by atoms with Gasteiger partial charge < -0.3 is 9.05 Å². The standard InChI is InChI=1S/C16H25N5O2/c1-11-15(12(2)22-18-11)9-20(4)14-6-5-7-21(8-14)10-16-17-13(3)23-19-16/h14H,5-10H2,1-4H3/t14-/m0/s1. The van der Waals surface area contributed by atoms with Gasteiger partial charge in [-0.05, 0) is 40.3 Å². The number of aryl methyl sites for hydroxylation is 3. The summed E-state index contributed by atoms with van der Waals surface area (Å²) < 4.78 is 10.3. The first-order chi connectivity index (χ1) is 11.0. The third-order valence-corrected chi connectivity index (χ3v) is 4.63. The van der Waals surface area contributed by atoms with E-state index >= 15 is 0 Å². The van der Waals surface area contributed by atoms with Gasteiger partial charge in [-0.2, -0.15) is 4.98 Å². The second kappa shape index (κ2) is 6.80. The van der Waals surface area contributed by atoms with Gasteiger partial charge in [0.05, 0.1) is 12.2 Å². The van der Waals surface area contributed by atoms with Gasteiger partial charge in [-0.3, -0.25) is 9.80 Å². The van der Waals surface area contributed by atoms with E-state index in [0.29, 0.717) is 11.9 Å². The predicted molar refractivity (Wildman–Crippen MR) is 84.8 cm³/mol. The zero-order valence-corrected chi connectivity index (χ0v) is 14.4. The summed E-state index contributed by atoms with van der Waals surface area (Å²) in [6, 6.07) is 0.519. The van der Waals surface area contributed by atoms with Crippen molar-refractivity contribution in [3.63, 3.8) is 0 Å². The Bertz CT molecular complexity index is 631. The van der Waals surface area contributed by atoms with Crippen molar-refractivity contribution < 1.29 is 9.05 Å². The van der Waals surface area contributed by atoms with E-state index in [0.717, 1.165) is 43.5 Å². The molecule has 0 spiro atoms. The van der Waals surface area contributed by atoms with Crippen molar-refractivity contribution in [1.82, 2.24) is 25.1 Å². The second-order valence-electron chi connectivity index (χ2n) is 6.48. The third-order valence-electron chi connectivity index (χ3n) is 4.63. The molecule has 1 aliphatic heterocycles. The molecule has 1 saturated heterocycles. The van der Waals surface area contributed by atoms with Crippen LogP contribution in [0.5, 0.6) is 0 Å². The minimum absolute atomic E-state index is 0.519. The average molecular weight is 319 g/mol. The first kappa shape index (κ1) is 16.1. The molecule has 0 N–H and O–H groups in total. The lowest BCUT2D eigenvalue weighted by Gasteiger charge is -2.37. The maximum atomic E-state index is 5.27. The highest BCUT2D eigenvalue weighted by atomic mass is 16.5. The number of nitrogens with zero attached hydrogens (tertiary/aromatic N) is 5. The molecular formula is C16H25N5O2. The Balaban J connectivity index is 1.59. The van der Waals surface area contributed by atoms with Crippen LogP contribution >= 0.6 is 0 Å². The molecule has 2 aromatic rings. The van der Waals surface area contributed by atoms with E-state index in [1.807, 2.05) is 20.8 Å². The van der Waals surface area contributed by atoms with Crippen LogP contribution in [0.25, 0.3) is 0 Å². The van der Waals surface area contributed by atoms with Crippen molar-refractivity contribution in [3.05, 3.63) is 28.7 Å². The first-order valence-corrected chi connectivity index (χ1v) is 8.16. The minimum Gasteiger partial charge on any atom is -0.361 e. The topological polar surface area (TPSA) is 71.4 Å². The number of hydrogen-bond donors (Lipinski definition) is 0. The van der Waals surface area contributed by atoms with Gasteiger partial charge in [0.2, 0.25) is 5.89 Å². The van der Waals surface area contributed by atoms with Crippen molar-refractivity contribution in [1.29, 1.82) is 0 Å². The summed E-state index contributed by atoms with van der Waals surface area (Å²) in [5, 5.41) is 8.05. The molecule has 7 heteroatoms. The number of hydrogen-bond acceptors (Lipinski definition) is 7. The zero-order chi connectivity index (χ0) is 16.4. The monoisotopic (exact) mass is 319 g/mol. The lowest BCUT2D eigenvalue weighted by molar-refractivity contribution is 0.104. The maximum absolute atomic E-state index is 5.27. The number of likely N-dealkylation sites (tertiary alicyclic amines) is 1. The van der Waals surface area contributed by atoms with Gasteiger partial charge in [0, 0.05) is 31.6 Å². The molecule has 0 unspecified atom stereocenters. The highest BCUT2D eigenvalue weighted by Gasteiger charge is 2.25. The Morgan fingerprint density at radius 2 is 2.04 bits per heavy atom. The predicted octanol–water partition coefficient (Wildman–Crippen LogP) is 2.08. The summed E-state index contributed by atoms with van der Waals surface area (Å²) in [5.41, 5.74) is 2.20. The molecule has 1 aliphatic rings. The van der Waals surface area contributed by atoms with Crippen LogP contribution in [0.15, 0.2) is 9.05 Å². The molecule has 3 rings (SSSR count). The fourth-order valence-electron chi connectivity index (χ4n) is 3.25. The van der Waals surface area contributed by atoms with Crippen LogP contribution in [-0.2, 0) is 13.1 Å². The van der Waals surface area contributed by atoms with Gasteiger partial charge >= 0.3 is 0 Å². The Hall–Kier alpha value is -1.73. The molecule has 0 amide bonds. The zero-order valence-electron chi connectivity index (χ0n) is 14.4. The van der Waals surface area contributed by atoms with Crippen LogP contribution in [0.2, 0.25) is 0 Å². The van der Waals surface area contributed by atoms with Crippen molar-refractivity contribution >= 4 is 0 Å². The Kier molecular flexibility index (Phi) is 4.77. The van der Waals surface area contributed by atoms with Gasteiger partial charge in [-0.1, -0.05) is 10.3 Å². The fraction of sp³-hybridized carbons (Fsp3) is 0.688. The molecule has 2 aromatic heterocycles. The van der Waals surface area contributed by atoms with E-state index in [4.69, 9.17) is 9.05 Å². The average Bonchev–Trinajstić information content (AvgIpc) is 3.07. The number of piperidine rings is 1. The van der Waals surface area contributed by atoms with E-state index in [9.17, 15) is 0 Å². The summed E-state index contributed by atoms with van der Waals surface area (Å²) >= 11 is 0. The molecule has 0 saturated carbocycles. The van der Waals surface area contributed by atoms with Crippen LogP contribution in [0.1, 0.15) is 41.6 Å². The van der Waals surface area contributed by atoms with E-state index < -0.39 is 0 Å². The van der Waals surface area contributed by atoms with E-state index in [1.165, 1.54) is 18.4 Å². The Morgan fingerprint density at radius 1 is 1.22 bits per heavy atom. The smallest absolute Gasteiger partial charge is 0.223 e. The van der Waals surface area contributed by atoms with Crippen LogP contribution < -0.4 is 0 Å². The molecule has 23 heavy (non-hydrogen) atoms. The molecule has 0 aromatic carbocycles. The fourth-order valence-corrected chi connectivity index (χ4v) is 3.25. The molecule has 1 fully saturated rings. The third kappa shape index (κ3) is 3.79. The first-order valence-electron chi connectivity index (χ1n) is 8.16. The van der Waals surface area contributed by atoms with Gasteiger partial charge in [0.15, 0.2) is 5.82 Å². The van der Waals surface area contributed by atoms with Gasteiger partial charge in [0.1, 0.15) is 5.76 Å². The quantitative estimate of drug-likeness (QED) is 0.835. The van der Waals surface area contributed by atoms with E-state index in [-0.39, 0.29) is 0 Å². The second-order valence-corrected chi connectivity index (χ2v) is 6.48. The molecule has 0 bridgehead atoms. The van der Waals surface area contributed by atoms with Crippen molar-refractivity contribution in [2.24, 2.45) is 0 Å². The largest absolute Gasteiger partial charge is 0.361 e. The van der Waals surface area contributed by atoms with Crippen molar-refractivity contribution in [3.8, 4) is 0 Å². The van der Waals surface area contributed by atoms with Gasteiger partial charge in [0.25, 0.3) is 0 Å². The van der Waals surface area contributed by atoms with Crippen LogP contribution in [0.3, 0.4) is 0 Å². The van der Waals surface area contributed by atoms with Crippen molar-refractivity contribution in [2.45, 2.75) is 52.7 Å². The summed E-state index contributed by atoms with van der Waals surface area (Å²) in [4.78, 5) is 9.11. The molecule has 0 radical (unpaired) electrons. The number of likely N-dealkylation sites (N-methyl/N-ethyl adjacent to an activating group) is 1. The highest BCUT2D eigenvalue weighted by Crippen LogP contribution is 2.20. The van der Waals surface area contributed by atoms with E-state index in [1.54, 1.807) is 0 Å². The molecule has 3 heterocycles. The van der Waals surface area contributed by atoms with Crippen LogP contribution in [-0.4, -0.2) is 51.3 Å². The SMILES string of the molecule is Cc1nc(CN2CCC[C@H](N(C)Cc3c(C)noc3C)C2)no1. The van der Waals surface area contributed by atoms with Crippen molar-refractivity contribution in [2.75, 3.05) is 20.1 Å². The summed E-state index contributed by atoms with van der Waals surface area (Å²) in [7, 11) is 2.18. The summed E-state index contributed by atoms with van der Waals surface area (Å²) in [5.74, 6) is 2.32. The molecule has 126 valence electrons. The number of aromatic nitrogens is 3. The minimum atomic E-state index is 0.519. The lowest BCUT2D eigenvalue weighted by atomic mass is 10.0.